The molecule has 42 heavy (non-hydrogen) atoms. The number of ether oxygens (including phenoxy) is 1. The maximum Gasteiger partial charge on any atom is 0.306 e. The molecule has 0 radical (unpaired) electrons. The standard InChI is InChI=1S/C38H74O4/c1-3-5-7-8-9-10-11-12-13-14-18-21-24-27-31-35-38(41)42-36(32-28-6-4-2)33-29-25-22-19-16-15-17-20-23-26-30-34-37(39)40/h36H,3-35H2,1-2H3,(H,39,40). The molecule has 1 N–H and O–H groups in total. The lowest BCUT2D eigenvalue weighted by molar-refractivity contribution is -0.150. The molecule has 1 unspecified atom stereocenters. The summed E-state index contributed by atoms with van der Waals surface area (Å²) in [6.07, 6.45) is 40.1. The summed E-state index contributed by atoms with van der Waals surface area (Å²) < 4.78 is 5.96. The van der Waals surface area contributed by atoms with E-state index in [0.29, 0.717) is 12.8 Å². The Bertz CT molecular complexity index is 561. The van der Waals surface area contributed by atoms with Crippen LogP contribution in [0.3, 0.4) is 0 Å². The average Bonchev–Trinajstić information content (AvgIpc) is 2.97. The van der Waals surface area contributed by atoms with Crippen molar-refractivity contribution in [2.24, 2.45) is 0 Å². The second-order valence-corrected chi connectivity index (χ2v) is 13.1. The maximum absolute atomic E-state index is 12.5. The molecule has 0 saturated heterocycles. The molecule has 0 fully saturated rings. The molecule has 0 aromatic rings. The van der Waals surface area contributed by atoms with Crippen molar-refractivity contribution >= 4 is 11.9 Å². The lowest BCUT2D eigenvalue weighted by atomic mass is 10.0. The minimum absolute atomic E-state index is 0.0363. The van der Waals surface area contributed by atoms with Gasteiger partial charge in [-0.3, -0.25) is 9.59 Å². The van der Waals surface area contributed by atoms with Gasteiger partial charge in [0.05, 0.1) is 0 Å². The van der Waals surface area contributed by atoms with E-state index >= 15 is 0 Å². The van der Waals surface area contributed by atoms with Crippen LogP contribution in [0.4, 0.5) is 0 Å². The van der Waals surface area contributed by atoms with Gasteiger partial charge >= 0.3 is 11.9 Å². The molecule has 0 aromatic heterocycles. The number of carbonyl (C=O) groups is 2. The number of carboxylic acid groups (broad SMARTS) is 1. The number of rotatable bonds is 35. The second-order valence-electron chi connectivity index (χ2n) is 13.1. The normalized spacial score (nSPS) is 12.0. The number of aliphatic carboxylic acids is 1. The molecule has 4 heteroatoms. The Labute approximate surface area is 262 Å². The van der Waals surface area contributed by atoms with Crippen LogP contribution < -0.4 is 0 Å². The Morgan fingerprint density at radius 2 is 0.714 bits per heavy atom. The molecule has 0 saturated carbocycles. The summed E-state index contributed by atoms with van der Waals surface area (Å²) in [7, 11) is 0. The molecule has 1 atom stereocenters. The molecule has 0 heterocycles. The number of carbonyl (C=O) groups excluding carboxylic acids is 1. The fourth-order valence-corrected chi connectivity index (χ4v) is 6.01. The van der Waals surface area contributed by atoms with Gasteiger partial charge in [-0.25, -0.2) is 0 Å². The predicted molar refractivity (Wildman–Crippen MR) is 181 cm³/mol. The summed E-state index contributed by atoms with van der Waals surface area (Å²) in [5.74, 6) is -0.634. The molecule has 0 aromatic carbocycles. The Morgan fingerprint density at radius 3 is 1.10 bits per heavy atom. The van der Waals surface area contributed by atoms with Gasteiger partial charge in [-0.2, -0.15) is 0 Å². The molecule has 0 spiro atoms. The van der Waals surface area contributed by atoms with Gasteiger partial charge in [-0.15, -0.1) is 0 Å². The van der Waals surface area contributed by atoms with Crippen LogP contribution in [0.25, 0.3) is 0 Å². The average molecular weight is 595 g/mol. The van der Waals surface area contributed by atoms with Gasteiger partial charge in [0, 0.05) is 12.8 Å². The van der Waals surface area contributed by atoms with E-state index in [1.807, 2.05) is 0 Å². The van der Waals surface area contributed by atoms with E-state index < -0.39 is 5.97 Å². The van der Waals surface area contributed by atoms with Gasteiger partial charge in [0.15, 0.2) is 0 Å². The summed E-state index contributed by atoms with van der Waals surface area (Å²) in [5.41, 5.74) is 0. The van der Waals surface area contributed by atoms with E-state index in [-0.39, 0.29) is 12.1 Å². The molecule has 0 aliphatic rings. The Hall–Kier alpha value is -1.06. The third-order valence-corrected chi connectivity index (χ3v) is 8.83. The molecule has 0 aliphatic carbocycles. The van der Waals surface area contributed by atoms with Crippen molar-refractivity contribution in [2.75, 3.05) is 0 Å². The number of hydrogen-bond donors (Lipinski definition) is 1. The smallest absolute Gasteiger partial charge is 0.306 e. The SMILES string of the molecule is CCCCCCCCCCCCCCCCCC(=O)OC(CCCCC)CCCCCCCCCCCCCC(=O)O. The van der Waals surface area contributed by atoms with Crippen molar-refractivity contribution in [1.82, 2.24) is 0 Å². The van der Waals surface area contributed by atoms with E-state index in [4.69, 9.17) is 9.84 Å². The van der Waals surface area contributed by atoms with E-state index in [1.54, 1.807) is 0 Å². The summed E-state index contributed by atoms with van der Waals surface area (Å²) in [6, 6.07) is 0. The van der Waals surface area contributed by atoms with Crippen molar-refractivity contribution < 1.29 is 19.4 Å². The summed E-state index contributed by atoms with van der Waals surface area (Å²) in [6.45, 7) is 4.52. The first-order valence-electron chi connectivity index (χ1n) is 19.0. The van der Waals surface area contributed by atoms with Gasteiger partial charge in [0.1, 0.15) is 6.10 Å². The third-order valence-electron chi connectivity index (χ3n) is 8.83. The van der Waals surface area contributed by atoms with Gasteiger partial charge in [0.25, 0.3) is 0 Å². The summed E-state index contributed by atoms with van der Waals surface area (Å²) in [5, 5.41) is 8.67. The fourth-order valence-electron chi connectivity index (χ4n) is 6.01. The third kappa shape index (κ3) is 33.4. The van der Waals surface area contributed by atoms with Gasteiger partial charge in [-0.05, 0) is 38.5 Å². The summed E-state index contributed by atoms with van der Waals surface area (Å²) >= 11 is 0. The van der Waals surface area contributed by atoms with Crippen molar-refractivity contribution in [1.29, 1.82) is 0 Å². The maximum atomic E-state index is 12.5. The largest absolute Gasteiger partial charge is 0.481 e. The highest BCUT2D eigenvalue weighted by atomic mass is 16.5. The monoisotopic (exact) mass is 595 g/mol. The van der Waals surface area contributed by atoms with Gasteiger partial charge in [-0.1, -0.05) is 174 Å². The molecule has 4 nitrogen and oxygen atoms in total. The van der Waals surface area contributed by atoms with Crippen molar-refractivity contribution in [2.45, 2.75) is 232 Å². The van der Waals surface area contributed by atoms with Gasteiger partial charge in [0.2, 0.25) is 0 Å². The van der Waals surface area contributed by atoms with Gasteiger partial charge < -0.3 is 9.84 Å². The number of carboxylic acids is 1. The fraction of sp³-hybridized carbons (Fsp3) is 0.947. The molecule has 0 aliphatic heterocycles. The zero-order valence-electron chi connectivity index (χ0n) is 28.6. The molecular formula is C38H74O4. The van der Waals surface area contributed by atoms with Crippen molar-refractivity contribution in [3.05, 3.63) is 0 Å². The van der Waals surface area contributed by atoms with Crippen LogP contribution in [0, 0.1) is 0 Å². The van der Waals surface area contributed by atoms with Crippen LogP contribution in [0.2, 0.25) is 0 Å². The highest BCUT2D eigenvalue weighted by Gasteiger charge is 2.14. The minimum Gasteiger partial charge on any atom is -0.481 e. The van der Waals surface area contributed by atoms with Crippen LogP contribution in [0.5, 0.6) is 0 Å². The van der Waals surface area contributed by atoms with Crippen LogP contribution in [-0.2, 0) is 14.3 Å². The first-order valence-corrected chi connectivity index (χ1v) is 19.0. The van der Waals surface area contributed by atoms with Crippen LogP contribution >= 0.6 is 0 Å². The van der Waals surface area contributed by atoms with E-state index in [1.165, 1.54) is 161 Å². The lowest BCUT2D eigenvalue weighted by Gasteiger charge is -2.18. The highest BCUT2D eigenvalue weighted by molar-refractivity contribution is 5.69. The lowest BCUT2D eigenvalue weighted by Crippen LogP contribution is -2.18. The van der Waals surface area contributed by atoms with E-state index in [0.717, 1.165) is 38.5 Å². The van der Waals surface area contributed by atoms with Crippen molar-refractivity contribution in [3.8, 4) is 0 Å². The molecule has 0 bridgehead atoms. The number of hydrogen-bond acceptors (Lipinski definition) is 3. The first kappa shape index (κ1) is 40.9. The summed E-state index contributed by atoms with van der Waals surface area (Å²) in [4.78, 5) is 23.1. The minimum atomic E-state index is -0.671. The molecular weight excluding hydrogens is 520 g/mol. The number of esters is 1. The highest BCUT2D eigenvalue weighted by Crippen LogP contribution is 2.19. The Morgan fingerprint density at radius 1 is 0.429 bits per heavy atom. The molecule has 0 rings (SSSR count). The predicted octanol–water partition coefficient (Wildman–Crippen LogP) is 12.9. The Balaban J connectivity index is 3.69. The van der Waals surface area contributed by atoms with E-state index in [9.17, 15) is 9.59 Å². The van der Waals surface area contributed by atoms with Crippen molar-refractivity contribution in [3.63, 3.8) is 0 Å². The van der Waals surface area contributed by atoms with Crippen LogP contribution in [0.15, 0.2) is 0 Å². The zero-order valence-corrected chi connectivity index (χ0v) is 28.6. The van der Waals surface area contributed by atoms with E-state index in [2.05, 4.69) is 13.8 Å². The second kappa shape index (κ2) is 34.4. The quantitative estimate of drug-likeness (QED) is 0.0585. The van der Waals surface area contributed by atoms with Crippen LogP contribution in [-0.4, -0.2) is 23.1 Å². The topological polar surface area (TPSA) is 63.6 Å². The first-order chi connectivity index (χ1) is 20.6. The van der Waals surface area contributed by atoms with Crippen LogP contribution in [0.1, 0.15) is 226 Å². The zero-order chi connectivity index (χ0) is 30.8. The molecule has 250 valence electrons. The number of unbranched alkanes of at least 4 members (excludes halogenated alkanes) is 26. The Kier molecular flexibility index (Phi) is 33.6. The molecule has 0 amide bonds.